The zero-order valence-corrected chi connectivity index (χ0v) is 14.6. The van der Waals surface area contributed by atoms with Crippen LogP contribution < -0.4 is 5.32 Å². The number of amidine groups is 1. The summed E-state index contributed by atoms with van der Waals surface area (Å²) in [5.74, 6) is -0.998. The van der Waals surface area contributed by atoms with E-state index in [4.69, 9.17) is 5.26 Å². The van der Waals surface area contributed by atoms with Crippen molar-refractivity contribution in [3.63, 3.8) is 0 Å². The number of hydrogen-bond acceptors (Lipinski definition) is 5. The van der Waals surface area contributed by atoms with E-state index in [0.29, 0.717) is 27.5 Å². The number of benzene rings is 2. The van der Waals surface area contributed by atoms with Crippen LogP contribution in [0.15, 0.2) is 59.6 Å². The number of fused-ring (bicyclic) bond motifs is 1. The van der Waals surface area contributed by atoms with Gasteiger partial charge in [0.2, 0.25) is 0 Å². The lowest BCUT2D eigenvalue weighted by Gasteiger charge is -2.08. The molecule has 0 spiro atoms. The second-order valence-corrected chi connectivity index (χ2v) is 6.08. The Hall–Kier alpha value is -3.37. The maximum Gasteiger partial charge on any atom is 0.336 e. The lowest BCUT2D eigenvalue weighted by Crippen LogP contribution is -2.12. The number of nitriles is 1. The number of carboxylic acid groups (broad SMARTS) is 1. The smallest absolute Gasteiger partial charge is 0.336 e. The van der Waals surface area contributed by atoms with Gasteiger partial charge in [-0.3, -0.25) is 5.32 Å². The quantitative estimate of drug-likeness (QED) is 0.316. The van der Waals surface area contributed by atoms with Crippen LogP contribution in [0.5, 0.6) is 0 Å². The molecule has 0 amide bonds. The van der Waals surface area contributed by atoms with Gasteiger partial charge in [-0.25, -0.2) is 14.8 Å². The van der Waals surface area contributed by atoms with Crippen molar-refractivity contribution in [1.29, 1.82) is 5.26 Å². The van der Waals surface area contributed by atoms with Crippen LogP contribution in [0.3, 0.4) is 0 Å². The molecule has 1 heterocycles. The molecule has 0 saturated carbocycles. The molecule has 1 aromatic heterocycles. The van der Waals surface area contributed by atoms with Gasteiger partial charge >= 0.3 is 5.97 Å². The fourth-order valence-electron chi connectivity index (χ4n) is 2.52. The number of carbonyl (C=O) groups is 1. The molecule has 0 radical (unpaired) electrons. The Kier molecular flexibility index (Phi) is 5.15. The van der Waals surface area contributed by atoms with E-state index in [-0.39, 0.29) is 5.56 Å². The number of aromatic carboxylic acids is 1. The van der Waals surface area contributed by atoms with Gasteiger partial charge in [0.15, 0.2) is 11.4 Å². The lowest BCUT2D eigenvalue weighted by molar-refractivity contribution is 0.0699. The standard InChI is InChI=1S/C19H14N4O2S/c1-26-19(21-11-20)22-13-6-4-5-12(9-13)17-10-15(18(24)25)14-7-2-3-8-16(14)23-17/h2-10H,1H3,(H,21,22)(H,24,25). The van der Waals surface area contributed by atoms with Crippen molar-refractivity contribution in [1.82, 2.24) is 10.3 Å². The number of thioether (sulfide) groups is 1. The molecule has 0 unspecified atom stereocenters. The third-order valence-electron chi connectivity index (χ3n) is 3.68. The minimum Gasteiger partial charge on any atom is -0.478 e. The molecule has 128 valence electrons. The monoisotopic (exact) mass is 362 g/mol. The highest BCUT2D eigenvalue weighted by Crippen LogP contribution is 2.27. The normalized spacial score (nSPS) is 11.2. The number of aromatic nitrogens is 1. The Labute approximate surface area is 154 Å². The second-order valence-electron chi connectivity index (χ2n) is 5.29. The van der Waals surface area contributed by atoms with Gasteiger partial charge in [0.1, 0.15) is 0 Å². The van der Waals surface area contributed by atoms with Crippen LogP contribution >= 0.6 is 11.8 Å². The summed E-state index contributed by atoms with van der Waals surface area (Å²) in [6, 6.07) is 16.0. The molecule has 0 bridgehead atoms. The predicted octanol–water partition coefficient (Wildman–Crippen LogP) is 4.02. The van der Waals surface area contributed by atoms with Gasteiger partial charge in [-0.2, -0.15) is 5.26 Å². The van der Waals surface area contributed by atoms with Gasteiger partial charge in [0.25, 0.3) is 0 Å². The summed E-state index contributed by atoms with van der Waals surface area (Å²) in [5.41, 5.74) is 2.76. The largest absolute Gasteiger partial charge is 0.478 e. The summed E-state index contributed by atoms with van der Waals surface area (Å²) >= 11 is 1.32. The van der Waals surface area contributed by atoms with Crippen molar-refractivity contribution in [2.45, 2.75) is 0 Å². The molecule has 0 aliphatic rings. The highest BCUT2D eigenvalue weighted by Gasteiger charge is 2.13. The average Bonchev–Trinajstić information content (AvgIpc) is 2.66. The summed E-state index contributed by atoms with van der Waals surface area (Å²) < 4.78 is 0. The number of para-hydroxylation sites is 1. The fourth-order valence-corrected chi connectivity index (χ4v) is 2.87. The molecule has 7 heteroatoms. The molecular formula is C19H14N4O2S. The van der Waals surface area contributed by atoms with Gasteiger partial charge in [0, 0.05) is 10.9 Å². The maximum absolute atomic E-state index is 11.6. The zero-order chi connectivity index (χ0) is 18.5. The van der Waals surface area contributed by atoms with Crippen molar-refractivity contribution < 1.29 is 9.90 Å². The molecule has 6 nitrogen and oxygen atoms in total. The lowest BCUT2D eigenvalue weighted by atomic mass is 10.0. The molecular weight excluding hydrogens is 348 g/mol. The minimum atomic E-state index is -0.998. The number of nitrogens with one attached hydrogen (secondary N) is 1. The summed E-state index contributed by atoms with van der Waals surface area (Å²) in [6.45, 7) is 0. The van der Waals surface area contributed by atoms with Crippen molar-refractivity contribution in [2.75, 3.05) is 6.26 Å². The first kappa shape index (κ1) is 17.5. The number of carboxylic acids is 1. The van der Waals surface area contributed by atoms with E-state index in [0.717, 1.165) is 5.56 Å². The van der Waals surface area contributed by atoms with E-state index in [1.165, 1.54) is 11.8 Å². The van der Waals surface area contributed by atoms with Gasteiger partial charge < -0.3 is 5.11 Å². The van der Waals surface area contributed by atoms with E-state index in [1.807, 2.05) is 30.6 Å². The third-order valence-corrected chi connectivity index (χ3v) is 4.26. The Morgan fingerprint density at radius 2 is 2.04 bits per heavy atom. The first-order valence-corrected chi connectivity index (χ1v) is 8.86. The van der Waals surface area contributed by atoms with Gasteiger partial charge in [-0.1, -0.05) is 42.1 Å². The zero-order valence-electron chi connectivity index (χ0n) is 13.8. The first-order valence-electron chi connectivity index (χ1n) is 7.63. The van der Waals surface area contributed by atoms with Crippen LogP contribution in [0.4, 0.5) is 5.69 Å². The van der Waals surface area contributed by atoms with E-state index < -0.39 is 5.97 Å². The number of pyridine rings is 1. The van der Waals surface area contributed by atoms with E-state index in [2.05, 4.69) is 15.3 Å². The summed E-state index contributed by atoms with van der Waals surface area (Å²) in [5, 5.41) is 21.9. The van der Waals surface area contributed by atoms with Crippen molar-refractivity contribution in [3.05, 3.63) is 60.2 Å². The predicted molar refractivity (Wildman–Crippen MR) is 103 cm³/mol. The van der Waals surface area contributed by atoms with Crippen LogP contribution in [0.2, 0.25) is 0 Å². The summed E-state index contributed by atoms with van der Waals surface area (Å²) in [4.78, 5) is 20.6. The first-order chi connectivity index (χ1) is 12.6. The van der Waals surface area contributed by atoms with Gasteiger partial charge in [0.05, 0.1) is 22.5 Å². The van der Waals surface area contributed by atoms with E-state index >= 15 is 0 Å². The number of hydrogen-bond donors (Lipinski definition) is 2. The molecule has 26 heavy (non-hydrogen) atoms. The van der Waals surface area contributed by atoms with Crippen LogP contribution in [0, 0.1) is 11.5 Å². The molecule has 0 aliphatic carbocycles. The molecule has 3 aromatic rings. The average molecular weight is 362 g/mol. The highest BCUT2D eigenvalue weighted by atomic mass is 32.2. The molecule has 0 aliphatic heterocycles. The van der Waals surface area contributed by atoms with E-state index in [9.17, 15) is 9.90 Å². The number of aliphatic imine (C=N–C) groups is 1. The Balaban J connectivity index is 2.11. The molecule has 0 saturated heterocycles. The molecule has 0 fully saturated rings. The molecule has 2 N–H and O–H groups in total. The van der Waals surface area contributed by atoms with Crippen LogP contribution in [0.1, 0.15) is 10.4 Å². The summed E-state index contributed by atoms with van der Waals surface area (Å²) in [6.07, 6.45) is 3.66. The Bertz CT molecular complexity index is 1060. The molecule has 3 rings (SSSR count). The van der Waals surface area contributed by atoms with Gasteiger partial charge in [-0.15, -0.1) is 0 Å². The van der Waals surface area contributed by atoms with Crippen molar-refractivity contribution in [3.8, 4) is 17.5 Å². The van der Waals surface area contributed by atoms with Crippen molar-refractivity contribution >= 4 is 39.5 Å². The Morgan fingerprint density at radius 1 is 1.23 bits per heavy atom. The molecule has 0 atom stereocenters. The second kappa shape index (κ2) is 7.68. The van der Waals surface area contributed by atoms with E-state index in [1.54, 1.807) is 36.4 Å². The van der Waals surface area contributed by atoms with Crippen molar-refractivity contribution in [2.24, 2.45) is 4.99 Å². The third kappa shape index (κ3) is 3.66. The number of rotatable bonds is 3. The highest BCUT2D eigenvalue weighted by molar-refractivity contribution is 8.13. The topological polar surface area (TPSA) is 98.4 Å². The van der Waals surface area contributed by atoms with Crippen LogP contribution in [0.25, 0.3) is 22.2 Å². The fraction of sp³-hybridized carbons (Fsp3) is 0.0526. The minimum absolute atomic E-state index is 0.204. The SMILES string of the molecule is CSC(=Nc1cccc(-c2cc(C(=O)O)c3ccccc3n2)c1)NC#N. The van der Waals surface area contributed by atoms with Crippen LogP contribution in [-0.2, 0) is 0 Å². The summed E-state index contributed by atoms with van der Waals surface area (Å²) in [7, 11) is 0. The van der Waals surface area contributed by atoms with Gasteiger partial charge in [-0.05, 0) is 30.5 Å². The Morgan fingerprint density at radius 3 is 2.77 bits per heavy atom. The number of nitrogens with zero attached hydrogens (tertiary/aromatic N) is 3. The molecule has 2 aromatic carbocycles. The maximum atomic E-state index is 11.6. The van der Waals surface area contributed by atoms with Crippen LogP contribution in [-0.4, -0.2) is 27.5 Å².